The molecule has 1 fully saturated rings. The maximum Gasteiger partial charge on any atom is 0.416 e. The van der Waals surface area contributed by atoms with Gasteiger partial charge in [-0.1, -0.05) is 0 Å². The average molecular weight is 481 g/mol. The van der Waals surface area contributed by atoms with Crippen molar-refractivity contribution in [2.24, 2.45) is 0 Å². The molecule has 1 aliphatic rings. The minimum Gasteiger partial charge on any atom is -0.493 e. The van der Waals surface area contributed by atoms with Gasteiger partial charge in [0.05, 0.1) is 30.3 Å². The van der Waals surface area contributed by atoms with Crippen LogP contribution in [0.2, 0.25) is 0 Å². The van der Waals surface area contributed by atoms with Gasteiger partial charge in [-0.25, -0.2) is 0 Å². The first-order valence-electron chi connectivity index (χ1n) is 10.3. The lowest BCUT2D eigenvalue weighted by atomic mass is 10.1. The van der Waals surface area contributed by atoms with Gasteiger partial charge in [0.25, 0.3) is 17.5 Å². The Balaban J connectivity index is 1.74. The van der Waals surface area contributed by atoms with Crippen LogP contribution in [0.1, 0.15) is 33.2 Å². The number of hydrogen-bond donors (Lipinski definition) is 0. The van der Waals surface area contributed by atoms with Gasteiger partial charge in [0.2, 0.25) is 0 Å². The number of piperazine rings is 1. The molecule has 0 aromatic heterocycles. The zero-order valence-corrected chi connectivity index (χ0v) is 18.4. The number of nitrogens with zero attached hydrogens (tertiary/aromatic N) is 3. The topological polar surface area (TPSA) is 102 Å². The van der Waals surface area contributed by atoms with Crippen molar-refractivity contribution >= 4 is 17.5 Å². The minimum atomic E-state index is -4.50. The molecule has 0 saturated carbocycles. The number of nitro benzene ring substituents is 1. The number of alkyl halides is 3. The van der Waals surface area contributed by atoms with Crippen molar-refractivity contribution in [3.63, 3.8) is 0 Å². The molecule has 9 nitrogen and oxygen atoms in total. The lowest BCUT2D eigenvalue weighted by Gasteiger charge is -2.34. The molecular weight excluding hydrogens is 459 g/mol. The Hall–Kier alpha value is -3.83. The third kappa shape index (κ3) is 5.21. The van der Waals surface area contributed by atoms with Crippen molar-refractivity contribution in [1.82, 2.24) is 9.80 Å². The summed E-state index contributed by atoms with van der Waals surface area (Å²) in [6, 6.07) is 6.29. The molecule has 2 amide bonds. The summed E-state index contributed by atoms with van der Waals surface area (Å²) in [5.74, 6) is -0.751. The van der Waals surface area contributed by atoms with E-state index in [1.807, 2.05) is 0 Å². The normalized spacial score (nSPS) is 14.0. The van der Waals surface area contributed by atoms with Crippen molar-refractivity contribution in [3.8, 4) is 11.5 Å². The summed E-state index contributed by atoms with van der Waals surface area (Å²) in [5, 5.41) is 11.5. The Kier molecular flexibility index (Phi) is 7.28. The van der Waals surface area contributed by atoms with Gasteiger partial charge >= 0.3 is 6.18 Å². The fourth-order valence-corrected chi connectivity index (χ4v) is 3.57. The highest BCUT2D eigenvalue weighted by molar-refractivity contribution is 5.99. The lowest BCUT2D eigenvalue weighted by Crippen LogP contribution is -2.50. The molecule has 2 aromatic rings. The van der Waals surface area contributed by atoms with Crippen LogP contribution in [0.25, 0.3) is 0 Å². The molecule has 2 aromatic carbocycles. The summed E-state index contributed by atoms with van der Waals surface area (Å²) in [6.45, 7) is 2.40. The fraction of sp³-hybridized carbons (Fsp3) is 0.364. The second-order valence-corrected chi connectivity index (χ2v) is 7.37. The molecule has 1 saturated heterocycles. The van der Waals surface area contributed by atoms with Crippen LogP contribution in [0.15, 0.2) is 36.4 Å². The van der Waals surface area contributed by atoms with Crippen LogP contribution in [-0.4, -0.2) is 66.4 Å². The van der Waals surface area contributed by atoms with Crippen LogP contribution in [0, 0.1) is 10.1 Å². The third-order valence-electron chi connectivity index (χ3n) is 5.32. The molecule has 3 rings (SSSR count). The average Bonchev–Trinajstić information content (AvgIpc) is 2.82. The van der Waals surface area contributed by atoms with E-state index in [2.05, 4.69) is 0 Å². The largest absolute Gasteiger partial charge is 0.493 e. The molecule has 182 valence electrons. The number of benzene rings is 2. The van der Waals surface area contributed by atoms with Gasteiger partial charge in [-0.3, -0.25) is 19.7 Å². The predicted molar refractivity (Wildman–Crippen MR) is 114 cm³/mol. The smallest absolute Gasteiger partial charge is 0.416 e. The van der Waals surface area contributed by atoms with Gasteiger partial charge in [-0.05, 0) is 31.2 Å². The maximum absolute atomic E-state index is 13.1. The van der Waals surface area contributed by atoms with E-state index in [1.165, 1.54) is 23.0 Å². The van der Waals surface area contributed by atoms with Gasteiger partial charge in [0.1, 0.15) is 5.56 Å². The Morgan fingerprint density at radius 1 is 1.00 bits per heavy atom. The van der Waals surface area contributed by atoms with Crippen LogP contribution in [0.3, 0.4) is 0 Å². The number of amides is 2. The SMILES string of the molecule is CCOc1cc(C(=O)N2CCN(C(=O)c3ccc(C(F)(F)F)cc3)CC2)c([N+](=O)[O-])cc1OC. The third-order valence-corrected chi connectivity index (χ3v) is 5.32. The maximum atomic E-state index is 13.1. The zero-order valence-electron chi connectivity index (χ0n) is 18.4. The van der Waals surface area contributed by atoms with E-state index < -0.39 is 34.2 Å². The van der Waals surface area contributed by atoms with E-state index >= 15 is 0 Å². The molecule has 0 atom stereocenters. The van der Waals surface area contributed by atoms with Crippen molar-refractivity contribution in [2.45, 2.75) is 13.1 Å². The summed E-state index contributed by atoms with van der Waals surface area (Å²) in [6.07, 6.45) is -4.50. The molecule has 1 aliphatic heterocycles. The number of rotatable bonds is 6. The van der Waals surface area contributed by atoms with Crippen molar-refractivity contribution in [1.29, 1.82) is 0 Å². The first kappa shape index (κ1) is 24.8. The van der Waals surface area contributed by atoms with E-state index in [9.17, 15) is 32.9 Å². The van der Waals surface area contributed by atoms with E-state index in [1.54, 1.807) is 6.92 Å². The van der Waals surface area contributed by atoms with Crippen LogP contribution in [0.4, 0.5) is 18.9 Å². The Morgan fingerprint density at radius 2 is 1.56 bits per heavy atom. The summed E-state index contributed by atoms with van der Waals surface area (Å²) in [7, 11) is 1.33. The number of carbonyl (C=O) groups is 2. The summed E-state index contributed by atoms with van der Waals surface area (Å²) < 4.78 is 48.7. The molecule has 0 radical (unpaired) electrons. The molecule has 12 heteroatoms. The molecule has 0 spiro atoms. The second-order valence-electron chi connectivity index (χ2n) is 7.37. The number of ether oxygens (including phenoxy) is 2. The van der Waals surface area contributed by atoms with Crippen LogP contribution in [-0.2, 0) is 6.18 Å². The molecule has 0 bridgehead atoms. The van der Waals surface area contributed by atoms with Gasteiger partial charge in [0.15, 0.2) is 11.5 Å². The zero-order chi connectivity index (χ0) is 25.0. The number of hydrogen-bond acceptors (Lipinski definition) is 6. The highest BCUT2D eigenvalue weighted by atomic mass is 19.4. The highest BCUT2D eigenvalue weighted by Gasteiger charge is 2.32. The fourth-order valence-electron chi connectivity index (χ4n) is 3.57. The number of halogens is 3. The first-order chi connectivity index (χ1) is 16.1. The molecular formula is C22H22F3N3O6. The predicted octanol–water partition coefficient (Wildman–Crippen LogP) is 3.62. The van der Waals surface area contributed by atoms with E-state index in [0.29, 0.717) is 0 Å². The summed E-state index contributed by atoms with van der Waals surface area (Å²) in [5.41, 5.74) is -1.36. The van der Waals surface area contributed by atoms with Gasteiger partial charge in [-0.15, -0.1) is 0 Å². The molecule has 0 aliphatic carbocycles. The molecule has 1 heterocycles. The number of nitro groups is 1. The molecule has 0 unspecified atom stereocenters. The van der Waals surface area contributed by atoms with E-state index in [0.717, 1.165) is 30.3 Å². The molecule has 34 heavy (non-hydrogen) atoms. The number of carbonyl (C=O) groups excluding carboxylic acids is 2. The number of methoxy groups -OCH3 is 1. The summed E-state index contributed by atoms with van der Waals surface area (Å²) in [4.78, 5) is 39.4. The highest BCUT2D eigenvalue weighted by Crippen LogP contribution is 2.35. The summed E-state index contributed by atoms with van der Waals surface area (Å²) >= 11 is 0. The van der Waals surface area contributed by atoms with E-state index in [-0.39, 0.29) is 55.4 Å². The second kappa shape index (κ2) is 9.98. The Bertz CT molecular complexity index is 1080. The Labute approximate surface area is 192 Å². The van der Waals surface area contributed by atoms with Crippen molar-refractivity contribution in [2.75, 3.05) is 39.9 Å². The van der Waals surface area contributed by atoms with Crippen LogP contribution < -0.4 is 9.47 Å². The minimum absolute atomic E-state index is 0.0956. The lowest BCUT2D eigenvalue weighted by molar-refractivity contribution is -0.385. The van der Waals surface area contributed by atoms with E-state index in [4.69, 9.17) is 9.47 Å². The van der Waals surface area contributed by atoms with Crippen LogP contribution >= 0.6 is 0 Å². The monoisotopic (exact) mass is 481 g/mol. The van der Waals surface area contributed by atoms with Crippen molar-refractivity contribution < 1.29 is 37.2 Å². The van der Waals surface area contributed by atoms with Gasteiger partial charge < -0.3 is 19.3 Å². The standard InChI is InChI=1S/C22H22F3N3O6/c1-3-34-19-12-16(17(28(31)32)13-18(19)33-2)21(30)27-10-8-26(9-11-27)20(29)14-4-6-15(7-5-14)22(23,24)25/h4-7,12-13H,3,8-11H2,1-2H3. The quantitative estimate of drug-likeness (QED) is 0.461. The molecule has 0 N–H and O–H groups in total. The van der Waals surface area contributed by atoms with Crippen LogP contribution in [0.5, 0.6) is 11.5 Å². The van der Waals surface area contributed by atoms with Gasteiger partial charge in [-0.2, -0.15) is 13.2 Å². The van der Waals surface area contributed by atoms with Crippen molar-refractivity contribution in [3.05, 3.63) is 63.2 Å². The van der Waals surface area contributed by atoms with Gasteiger partial charge in [0, 0.05) is 37.8 Å². The first-order valence-corrected chi connectivity index (χ1v) is 10.3. The Morgan fingerprint density at radius 3 is 2.03 bits per heavy atom.